The van der Waals surface area contributed by atoms with Crippen molar-refractivity contribution in [2.45, 2.75) is 4.90 Å². The molecule has 7 heteroatoms. The lowest BCUT2D eigenvalue weighted by molar-refractivity contribution is 0.593. The van der Waals surface area contributed by atoms with Gasteiger partial charge in [0, 0.05) is 10.4 Å². The highest BCUT2D eigenvalue weighted by molar-refractivity contribution is 9.10. The van der Waals surface area contributed by atoms with E-state index in [1.165, 1.54) is 12.1 Å². The van der Waals surface area contributed by atoms with E-state index in [2.05, 4.69) is 20.7 Å². The molecule has 0 saturated heterocycles. The molecule has 0 spiro atoms. The first-order chi connectivity index (χ1) is 9.95. The second-order valence-electron chi connectivity index (χ2n) is 4.35. The summed E-state index contributed by atoms with van der Waals surface area (Å²) >= 11 is 4.58. The molecule has 0 aliphatic carbocycles. The largest absolute Gasteiger partial charge is 0.280 e. The summed E-state index contributed by atoms with van der Waals surface area (Å²) in [6.45, 7) is 0. The second-order valence-corrected chi connectivity index (χ2v) is 7.84. The predicted molar refractivity (Wildman–Crippen MR) is 86.7 cm³/mol. The predicted octanol–water partition coefficient (Wildman–Crippen LogP) is 4.60. The minimum atomic E-state index is -3.81. The Kier molecular flexibility index (Phi) is 3.73. The van der Waals surface area contributed by atoms with Gasteiger partial charge < -0.3 is 0 Å². The number of rotatable bonds is 3. The molecule has 1 aromatic heterocycles. The maximum atomic E-state index is 13.5. The van der Waals surface area contributed by atoms with Crippen molar-refractivity contribution >= 4 is 53.1 Å². The van der Waals surface area contributed by atoms with Gasteiger partial charge in [-0.2, -0.15) is 0 Å². The number of fused-ring (bicyclic) bond motifs is 1. The topological polar surface area (TPSA) is 46.2 Å². The molecule has 1 N–H and O–H groups in total. The highest BCUT2D eigenvalue weighted by Crippen LogP contribution is 2.26. The van der Waals surface area contributed by atoms with Gasteiger partial charge in [-0.05, 0) is 69.2 Å². The lowest BCUT2D eigenvalue weighted by Gasteiger charge is -2.08. The summed E-state index contributed by atoms with van der Waals surface area (Å²) in [6, 6.07) is 10.9. The summed E-state index contributed by atoms with van der Waals surface area (Å²) in [5.41, 5.74) is 0.448. The fourth-order valence-corrected chi connectivity index (χ4v) is 3.97. The highest BCUT2D eigenvalue weighted by atomic mass is 79.9. The fourth-order valence-electron chi connectivity index (χ4n) is 1.89. The van der Waals surface area contributed by atoms with Crippen LogP contribution in [0.5, 0.6) is 0 Å². The van der Waals surface area contributed by atoms with Crippen LogP contribution in [-0.4, -0.2) is 8.42 Å². The summed E-state index contributed by atoms with van der Waals surface area (Å²) in [5, 5.41) is 2.90. The molecule has 3 nitrogen and oxygen atoms in total. The number of halogens is 2. The van der Waals surface area contributed by atoms with Gasteiger partial charge in [0.1, 0.15) is 5.82 Å². The van der Waals surface area contributed by atoms with Crippen LogP contribution < -0.4 is 4.72 Å². The second kappa shape index (κ2) is 5.40. The quantitative estimate of drug-likeness (QED) is 0.715. The van der Waals surface area contributed by atoms with Crippen molar-refractivity contribution in [3.63, 3.8) is 0 Å². The first kappa shape index (κ1) is 14.5. The average Bonchev–Trinajstić information content (AvgIpc) is 2.88. The SMILES string of the molecule is O=S(=O)(Nc1ccc2sccc2c1)c1ccc(Br)c(F)c1. The van der Waals surface area contributed by atoms with Gasteiger partial charge in [0.2, 0.25) is 0 Å². The molecule has 0 aliphatic rings. The van der Waals surface area contributed by atoms with Crippen LogP contribution in [0.25, 0.3) is 10.1 Å². The third-order valence-electron chi connectivity index (χ3n) is 2.91. The highest BCUT2D eigenvalue weighted by Gasteiger charge is 2.16. The van der Waals surface area contributed by atoms with E-state index in [4.69, 9.17) is 0 Å². The van der Waals surface area contributed by atoms with E-state index in [0.717, 1.165) is 16.2 Å². The smallest absolute Gasteiger partial charge is 0.261 e. The van der Waals surface area contributed by atoms with Gasteiger partial charge in [-0.15, -0.1) is 11.3 Å². The zero-order valence-electron chi connectivity index (χ0n) is 10.5. The van der Waals surface area contributed by atoms with E-state index in [1.807, 2.05) is 17.5 Å². The van der Waals surface area contributed by atoms with Crippen molar-refractivity contribution < 1.29 is 12.8 Å². The van der Waals surface area contributed by atoms with Gasteiger partial charge in [-0.1, -0.05) is 0 Å². The first-order valence-corrected chi connectivity index (χ1v) is 9.06. The number of anilines is 1. The minimum absolute atomic E-state index is 0.117. The van der Waals surface area contributed by atoms with Gasteiger partial charge >= 0.3 is 0 Å². The zero-order valence-corrected chi connectivity index (χ0v) is 13.7. The summed E-state index contributed by atoms with van der Waals surface area (Å²) in [7, 11) is -3.81. The van der Waals surface area contributed by atoms with Gasteiger partial charge in [0.05, 0.1) is 9.37 Å². The number of benzene rings is 2. The molecule has 0 fully saturated rings. The summed E-state index contributed by atoms with van der Waals surface area (Å²) in [5.74, 6) is -0.619. The fraction of sp³-hybridized carbons (Fsp3) is 0. The molecule has 3 rings (SSSR count). The van der Waals surface area contributed by atoms with Crippen LogP contribution in [0.4, 0.5) is 10.1 Å². The van der Waals surface area contributed by atoms with E-state index in [0.29, 0.717) is 5.69 Å². The molecule has 0 aliphatic heterocycles. The van der Waals surface area contributed by atoms with Gasteiger partial charge in [-0.25, -0.2) is 12.8 Å². The van der Waals surface area contributed by atoms with Crippen LogP contribution in [0.1, 0.15) is 0 Å². The van der Waals surface area contributed by atoms with Gasteiger partial charge in [0.15, 0.2) is 0 Å². The van der Waals surface area contributed by atoms with Gasteiger partial charge in [-0.3, -0.25) is 4.72 Å². The number of hydrogen-bond acceptors (Lipinski definition) is 3. The molecule has 0 unspecified atom stereocenters. The van der Waals surface area contributed by atoms with Crippen LogP contribution in [0, 0.1) is 5.82 Å². The van der Waals surface area contributed by atoms with E-state index in [-0.39, 0.29) is 9.37 Å². The third-order valence-corrected chi connectivity index (χ3v) is 5.83. The Morgan fingerprint density at radius 1 is 1.10 bits per heavy atom. The first-order valence-electron chi connectivity index (χ1n) is 5.91. The molecule has 1 heterocycles. The standard InChI is InChI=1S/C14H9BrFNO2S2/c15-12-3-2-11(8-13(12)16)21(18,19)17-10-1-4-14-9(7-10)5-6-20-14/h1-8,17H. The van der Waals surface area contributed by atoms with E-state index in [9.17, 15) is 12.8 Å². The molecule has 2 aromatic carbocycles. The molecule has 3 aromatic rings. The average molecular weight is 386 g/mol. The van der Waals surface area contributed by atoms with Crippen molar-refractivity contribution in [1.82, 2.24) is 0 Å². The summed E-state index contributed by atoms with van der Waals surface area (Å²) in [6.07, 6.45) is 0. The van der Waals surface area contributed by atoms with Crippen molar-refractivity contribution in [1.29, 1.82) is 0 Å². The Labute approximate surface area is 133 Å². The van der Waals surface area contributed by atoms with Crippen molar-refractivity contribution in [3.8, 4) is 0 Å². The molecule has 0 bridgehead atoms. The van der Waals surface area contributed by atoms with Crippen molar-refractivity contribution in [2.24, 2.45) is 0 Å². The molecular formula is C14H9BrFNO2S2. The maximum absolute atomic E-state index is 13.5. The number of sulfonamides is 1. The number of hydrogen-bond donors (Lipinski definition) is 1. The van der Waals surface area contributed by atoms with Crippen LogP contribution in [0.2, 0.25) is 0 Å². The van der Waals surface area contributed by atoms with Crippen molar-refractivity contribution in [3.05, 3.63) is 58.1 Å². The lowest BCUT2D eigenvalue weighted by atomic mass is 10.2. The summed E-state index contributed by atoms with van der Waals surface area (Å²) < 4.78 is 41.7. The van der Waals surface area contributed by atoms with Crippen LogP contribution in [-0.2, 0) is 10.0 Å². The summed E-state index contributed by atoms with van der Waals surface area (Å²) in [4.78, 5) is -0.117. The van der Waals surface area contributed by atoms with Crippen molar-refractivity contribution in [2.75, 3.05) is 4.72 Å². The molecule has 0 saturated carbocycles. The Bertz CT molecular complexity index is 922. The Morgan fingerprint density at radius 3 is 2.67 bits per heavy atom. The van der Waals surface area contributed by atoms with Crippen LogP contribution in [0.15, 0.2) is 57.2 Å². The van der Waals surface area contributed by atoms with E-state index >= 15 is 0 Å². The normalized spacial score (nSPS) is 11.7. The minimum Gasteiger partial charge on any atom is -0.280 e. The number of nitrogens with one attached hydrogen (secondary N) is 1. The van der Waals surface area contributed by atoms with E-state index in [1.54, 1.807) is 23.5 Å². The van der Waals surface area contributed by atoms with Crippen LogP contribution in [0.3, 0.4) is 0 Å². The zero-order chi connectivity index (χ0) is 15.0. The molecule has 21 heavy (non-hydrogen) atoms. The molecule has 0 radical (unpaired) electrons. The van der Waals surface area contributed by atoms with Crippen LogP contribution >= 0.6 is 27.3 Å². The third kappa shape index (κ3) is 2.95. The Hall–Kier alpha value is -1.44. The molecular weight excluding hydrogens is 377 g/mol. The van der Waals surface area contributed by atoms with Gasteiger partial charge in [0.25, 0.3) is 10.0 Å². The molecule has 0 atom stereocenters. The lowest BCUT2D eigenvalue weighted by Crippen LogP contribution is -2.13. The van der Waals surface area contributed by atoms with E-state index < -0.39 is 15.8 Å². The number of thiophene rings is 1. The Balaban J connectivity index is 1.96. The monoisotopic (exact) mass is 385 g/mol. The molecule has 0 amide bonds. The maximum Gasteiger partial charge on any atom is 0.261 e. The Morgan fingerprint density at radius 2 is 1.90 bits per heavy atom. The molecule has 108 valence electrons.